The monoisotopic (exact) mass is 429 g/mol. The maximum Gasteiger partial charge on any atom is 0.354 e. The van der Waals surface area contributed by atoms with E-state index in [0.29, 0.717) is 0 Å². The van der Waals surface area contributed by atoms with Crippen LogP contribution in [0.4, 0.5) is 5.95 Å². The van der Waals surface area contributed by atoms with Gasteiger partial charge < -0.3 is 15.6 Å². The van der Waals surface area contributed by atoms with Gasteiger partial charge >= 0.3 is 13.6 Å². The molecule has 1 aliphatic rings. The number of nitrogen functional groups attached to an aromatic ring is 1. The summed E-state index contributed by atoms with van der Waals surface area (Å²) in [6.45, 7) is 7.44. The standard InChI is InChI=1S/C17H29N6O5P/c1-11(2)23(12(3)4)29(26,7-5-6-18)28-13-8-15(27-14(13)9-24)22-10-20-16(19)21-17(22)25/h10-15,24,26H,5,7-9H2,1-4H3,(H-,19,21,25)/p+1/t13-,14+,15+,29?/m0/s1. The molecule has 0 aliphatic carbocycles. The number of hydrogen-bond acceptors (Lipinski definition) is 10. The molecule has 0 bridgehead atoms. The fourth-order valence-electron chi connectivity index (χ4n) is 3.65. The van der Waals surface area contributed by atoms with Gasteiger partial charge in [0.1, 0.15) is 30.9 Å². The van der Waals surface area contributed by atoms with E-state index < -0.39 is 32.0 Å². The molecule has 1 aliphatic heterocycles. The summed E-state index contributed by atoms with van der Waals surface area (Å²) in [6.07, 6.45) is -0.447. The number of rotatable bonds is 9. The van der Waals surface area contributed by atoms with Crippen LogP contribution >= 0.6 is 7.87 Å². The molecule has 0 aromatic carbocycles. The lowest BCUT2D eigenvalue weighted by atomic mass is 10.2. The van der Waals surface area contributed by atoms with Gasteiger partial charge in [-0.15, -0.1) is 4.67 Å². The van der Waals surface area contributed by atoms with Crippen molar-refractivity contribution in [2.24, 2.45) is 0 Å². The smallest absolute Gasteiger partial charge is 0.354 e. The van der Waals surface area contributed by atoms with Crippen LogP contribution in [0.25, 0.3) is 0 Å². The first-order valence-electron chi connectivity index (χ1n) is 9.54. The summed E-state index contributed by atoms with van der Waals surface area (Å²) in [7, 11) is -3.16. The number of ether oxygens (including phenoxy) is 1. The molecule has 1 aromatic rings. The molecule has 162 valence electrons. The van der Waals surface area contributed by atoms with Crippen molar-refractivity contribution in [3.8, 4) is 6.07 Å². The molecule has 1 fully saturated rings. The van der Waals surface area contributed by atoms with Gasteiger partial charge in [0.05, 0.1) is 19.1 Å². The number of aromatic nitrogens is 3. The number of nitriles is 1. The molecule has 11 nitrogen and oxygen atoms in total. The van der Waals surface area contributed by atoms with Crippen LogP contribution in [0.2, 0.25) is 0 Å². The Bertz CT molecular complexity index is 776. The number of anilines is 1. The van der Waals surface area contributed by atoms with Gasteiger partial charge in [-0.2, -0.15) is 14.8 Å². The Kier molecular flexibility index (Phi) is 8.05. The third-order valence-corrected chi connectivity index (χ3v) is 7.71. The van der Waals surface area contributed by atoms with Crippen molar-refractivity contribution in [3.05, 3.63) is 16.8 Å². The third kappa shape index (κ3) is 5.48. The van der Waals surface area contributed by atoms with Crippen molar-refractivity contribution in [2.75, 3.05) is 18.5 Å². The van der Waals surface area contributed by atoms with Crippen LogP contribution in [0, 0.1) is 11.3 Å². The minimum Gasteiger partial charge on any atom is -0.394 e. The maximum atomic E-state index is 12.1. The lowest BCUT2D eigenvalue weighted by Crippen LogP contribution is -2.41. The van der Waals surface area contributed by atoms with Gasteiger partial charge in [-0.3, -0.25) is 4.57 Å². The lowest BCUT2D eigenvalue weighted by Gasteiger charge is -2.36. The molecule has 1 aromatic heterocycles. The summed E-state index contributed by atoms with van der Waals surface area (Å²) in [6, 6.07) is 2.02. The molecule has 0 saturated carbocycles. The predicted octanol–water partition coefficient (Wildman–Crippen LogP) is 0.673. The van der Waals surface area contributed by atoms with E-state index in [2.05, 4.69) is 16.0 Å². The Hall–Kier alpha value is -1.67. The van der Waals surface area contributed by atoms with E-state index in [4.69, 9.17) is 20.3 Å². The number of nitrogens with two attached hydrogens (primary N) is 1. The summed E-state index contributed by atoms with van der Waals surface area (Å²) in [5, 5.41) is 18.8. The zero-order chi connectivity index (χ0) is 21.8. The quantitative estimate of drug-likeness (QED) is 0.476. The van der Waals surface area contributed by atoms with E-state index in [0.717, 1.165) is 0 Å². The Labute approximate surface area is 170 Å². The second-order valence-electron chi connectivity index (χ2n) is 7.46. The molecule has 1 saturated heterocycles. The fourth-order valence-corrected chi connectivity index (χ4v) is 6.59. The van der Waals surface area contributed by atoms with Crippen molar-refractivity contribution in [3.63, 3.8) is 0 Å². The minimum atomic E-state index is -3.16. The average Bonchev–Trinajstić information content (AvgIpc) is 3.01. The van der Waals surface area contributed by atoms with E-state index in [-0.39, 0.29) is 43.6 Å². The highest BCUT2D eigenvalue weighted by molar-refractivity contribution is 7.63. The highest BCUT2D eigenvalue weighted by Gasteiger charge is 2.53. The van der Waals surface area contributed by atoms with Gasteiger partial charge in [-0.25, -0.2) is 14.7 Å². The van der Waals surface area contributed by atoms with Crippen molar-refractivity contribution in [1.29, 1.82) is 5.26 Å². The summed E-state index contributed by atoms with van der Waals surface area (Å²) >= 11 is 0. The third-order valence-electron chi connectivity index (χ3n) is 4.65. The van der Waals surface area contributed by atoms with Gasteiger partial charge in [0, 0.05) is 18.5 Å². The minimum absolute atomic E-state index is 0.0224. The van der Waals surface area contributed by atoms with Crippen molar-refractivity contribution in [2.45, 2.75) is 71.1 Å². The molecule has 0 amide bonds. The zero-order valence-electron chi connectivity index (χ0n) is 17.2. The number of aliphatic hydroxyl groups is 1. The first-order valence-corrected chi connectivity index (χ1v) is 11.3. The van der Waals surface area contributed by atoms with Crippen molar-refractivity contribution < 1.29 is 19.3 Å². The normalized spacial score (nSPS) is 24.2. The molecule has 0 radical (unpaired) electrons. The largest absolute Gasteiger partial charge is 0.394 e. The van der Waals surface area contributed by atoms with Crippen molar-refractivity contribution in [1.82, 2.24) is 19.2 Å². The fraction of sp³-hybridized carbons (Fsp3) is 0.765. The summed E-state index contributed by atoms with van der Waals surface area (Å²) in [4.78, 5) is 31.0. The van der Waals surface area contributed by atoms with Crippen LogP contribution in [0.3, 0.4) is 0 Å². The predicted molar refractivity (Wildman–Crippen MR) is 108 cm³/mol. The van der Waals surface area contributed by atoms with Gasteiger partial charge in [-0.05, 0) is 27.7 Å². The number of nitrogens with zero attached hydrogens (tertiary/aromatic N) is 5. The van der Waals surface area contributed by atoms with Crippen LogP contribution in [0.1, 0.15) is 46.8 Å². The molecule has 4 N–H and O–H groups in total. The molecule has 29 heavy (non-hydrogen) atoms. The SMILES string of the molecule is CC(C)N(C(C)C)[P+](O)(CCC#N)O[C@H]1C[C@H](n2cnc(N)nc2=O)O[C@@H]1CO. The number of hydrogen-bond donors (Lipinski definition) is 3. The van der Waals surface area contributed by atoms with Crippen LogP contribution < -0.4 is 11.4 Å². The highest BCUT2D eigenvalue weighted by atomic mass is 31.2. The molecule has 2 rings (SSSR count). The zero-order valence-corrected chi connectivity index (χ0v) is 18.1. The van der Waals surface area contributed by atoms with Gasteiger partial charge in [0.15, 0.2) is 0 Å². The summed E-state index contributed by atoms with van der Waals surface area (Å²) < 4.78 is 15.0. The van der Waals surface area contributed by atoms with E-state index >= 15 is 0 Å². The molecule has 1 unspecified atom stereocenters. The van der Waals surface area contributed by atoms with Crippen LogP contribution in [0.15, 0.2) is 11.1 Å². The van der Waals surface area contributed by atoms with Crippen molar-refractivity contribution >= 4 is 13.8 Å². The van der Waals surface area contributed by atoms with E-state index in [1.54, 1.807) is 0 Å². The Morgan fingerprint density at radius 2 is 2.14 bits per heavy atom. The van der Waals surface area contributed by atoms with E-state index in [1.165, 1.54) is 10.9 Å². The molecule has 0 spiro atoms. The van der Waals surface area contributed by atoms with Crippen LogP contribution in [-0.4, -0.2) is 66.3 Å². The first kappa shape index (κ1) is 23.6. The average molecular weight is 429 g/mol. The Morgan fingerprint density at radius 3 is 2.66 bits per heavy atom. The Balaban J connectivity index is 2.29. The molecule has 2 heterocycles. The first-order chi connectivity index (χ1) is 13.6. The molecular weight excluding hydrogens is 399 g/mol. The van der Waals surface area contributed by atoms with Crippen LogP contribution in [-0.2, 0) is 9.26 Å². The van der Waals surface area contributed by atoms with Gasteiger partial charge in [-0.1, -0.05) is 0 Å². The summed E-state index contributed by atoms with van der Waals surface area (Å²) in [5.41, 5.74) is 4.80. The Morgan fingerprint density at radius 1 is 1.48 bits per heavy atom. The maximum absolute atomic E-state index is 12.1. The van der Waals surface area contributed by atoms with E-state index in [1.807, 2.05) is 32.4 Å². The molecule has 12 heteroatoms. The topological polar surface area (TPSA) is 160 Å². The van der Waals surface area contributed by atoms with Gasteiger partial charge in [0.2, 0.25) is 5.95 Å². The van der Waals surface area contributed by atoms with E-state index in [9.17, 15) is 14.8 Å². The van der Waals surface area contributed by atoms with Gasteiger partial charge in [0.25, 0.3) is 0 Å². The van der Waals surface area contributed by atoms with Crippen LogP contribution in [0.5, 0.6) is 0 Å². The molecule has 4 atom stereocenters. The second-order valence-corrected chi connectivity index (χ2v) is 9.91. The highest BCUT2D eigenvalue weighted by Crippen LogP contribution is 2.63. The summed E-state index contributed by atoms with van der Waals surface area (Å²) in [5.74, 6) is -0.142. The second kappa shape index (κ2) is 9.89. The molecular formula is C17H30N6O5P+. The lowest BCUT2D eigenvalue weighted by molar-refractivity contribution is -0.0446. The number of aliphatic hydroxyl groups excluding tert-OH is 1.